The number of carbonyl (C=O) groups excluding carboxylic acids is 2. The number of ether oxygens (including phenoxy) is 1. The molecule has 0 saturated heterocycles. The second-order valence-electron chi connectivity index (χ2n) is 5.33. The van der Waals surface area contributed by atoms with E-state index in [1.807, 2.05) is 6.92 Å². The normalized spacial score (nSPS) is 30.4. The maximum atomic E-state index is 13.8. The number of hydrogen-bond acceptors (Lipinski definition) is 4. The van der Waals surface area contributed by atoms with Gasteiger partial charge in [0.1, 0.15) is 6.61 Å². The van der Waals surface area contributed by atoms with Gasteiger partial charge in [-0.25, -0.2) is 4.39 Å². The summed E-state index contributed by atoms with van der Waals surface area (Å²) in [7, 11) is 0. The van der Waals surface area contributed by atoms with Crippen LogP contribution in [-0.4, -0.2) is 35.2 Å². The molecule has 0 aromatic rings. The number of alkyl halides is 1. The molecule has 1 aliphatic heterocycles. The first kappa shape index (κ1) is 16.6. The zero-order valence-electron chi connectivity index (χ0n) is 11.9. The summed E-state index contributed by atoms with van der Waals surface area (Å²) in [5.41, 5.74) is 2.00. The molecule has 20 heavy (non-hydrogen) atoms. The Hall–Kier alpha value is -1.45. The summed E-state index contributed by atoms with van der Waals surface area (Å²) in [6.07, 6.45) is 1.82. The molecule has 0 spiro atoms. The largest absolute Gasteiger partial charge is 0.462 e. The van der Waals surface area contributed by atoms with Crippen molar-refractivity contribution in [3.05, 3.63) is 17.4 Å². The summed E-state index contributed by atoms with van der Waals surface area (Å²) >= 11 is 0. The lowest BCUT2D eigenvalue weighted by molar-refractivity contribution is -0.158. The number of carbonyl (C=O) groups is 2. The lowest BCUT2D eigenvalue weighted by Crippen LogP contribution is -2.45. The Morgan fingerprint density at radius 3 is 2.85 bits per heavy atom. The molecule has 0 aromatic carbocycles. The zero-order chi connectivity index (χ0) is 15.2. The molecule has 0 saturated carbocycles. The van der Waals surface area contributed by atoms with Crippen molar-refractivity contribution in [2.45, 2.75) is 57.7 Å². The molecule has 1 N–H and O–H groups in total. The van der Waals surface area contributed by atoms with E-state index in [0.717, 1.165) is 5.57 Å². The van der Waals surface area contributed by atoms with Crippen LogP contribution in [0.1, 0.15) is 46.0 Å². The number of ketones is 1. The quantitative estimate of drug-likeness (QED) is 0.547. The van der Waals surface area contributed by atoms with Gasteiger partial charge in [-0.3, -0.25) is 9.59 Å². The van der Waals surface area contributed by atoms with E-state index in [4.69, 9.17) is 4.74 Å². The molecule has 0 unspecified atom stereocenters. The minimum Gasteiger partial charge on any atom is -0.462 e. The van der Waals surface area contributed by atoms with Crippen LogP contribution in [-0.2, 0) is 14.3 Å². The molecule has 2 atom stereocenters. The van der Waals surface area contributed by atoms with Gasteiger partial charge in [0.2, 0.25) is 5.78 Å². The maximum absolute atomic E-state index is 13.8. The van der Waals surface area contributed by atoms with Gasteiger partial charge in [-0.15, -0.1) is 5.73 Å². The molecule has 0 amide bonds. The first-order chi connectivity index (χ1) is 9.33. The number of cyclic esters (lactones) is 1. The van der Waals surface area contributed by atoms with Crippen LogP contribution in [0.15, 0.2) is 17.4 Å². The van der Waals surface area contributed by atoms with Gasteiger partial charge in [0.15, 0.2) is 11.8 Å². The number of hydrogen-bond donors (Lipinski definition) is 1. The summed E-state index contributed by atoms with van der Waals surface area (Å²) in [6.45, 7) is 2.53. The van der Waals surface area contributed by atoms with Gasteiger partial charge in [-0.2, -0.15) is 0 Å². The SMILES string of the molecule is CC1=C=CCCC(=O)OC[C@@](C)(O)C(=O)[C@H](F)CCC1. The average molecular weight is 284 g/mol. The minimum absolute atomic E-state index is 0.0436. The summed E-state index contributed by atoms with van der Waals surface area (Å²) in [5, 5.41) is 9.90. The third-order valence-corrected chi connectivity index (χ3v) is 3.18. The lowest BCUT2D eigenvalue weighted by atomic mass is 9.95. The van der Waals surface area contributed by atoms with Gasteiger partial charge in [-0.05, 0) is 51.2 Å². The molecule has 0 bridgehead atoms. The van der Waals surface area contributed by atoms with Crippen LogP contribution in [0.4, 0.5) is 4.39 Å². The number of halogens is 1. The summed E-state index contributed by atoms with van der Waals surface area (Å²) in [6, 6.07) is 0. The van der Waals surface area contributed by atoms with Crippen molar-refractivity contribution in [3.8, 4) is 0 Å². The first-order valence-electron chi connectivity index (χ1n) is 6.80. The van der Waals surface area contributed by atoms with Crippen LogP contribution in [0.2, 0.25) is 0 Å². The number of rotatable bonds is 0. The highest BCUT2D eigenvalue weighted by Gasteiger charge is 2.37. The van der Waals surface area contributed by atoms with E-state index in [1.165, 1.54) is 6.92 Å². The average Bonchev–Trinajstić information content (AvgIpc) is 2.39. The maximum Gasteiger partial charge on any atom is 0.306 e. The second kappa shape index (κ2) is 7.36. The van der Waals surface area contributed by atoms with E-state index in [2.05, 4.69) is 5.73 Å². The highest BCUT2D eigenvalue weighted by atomic mass is 19.1. The highest BCUT2D eigenvalue weighted by molar-refractivity contribution is 5.90. The fraction of sp³-hybridized carbons (Fsp3) is 0.667. The Morgan fingerprint density at radius 1 is 1.45 bits per heavy atom. The van der Waals surface area contributed by atoms with E-state index in [1.54, 1.807) is 6.08 Å². The van der Waals surface area contributed by atoms with Gasteiger partial charge in [0.25, 0.3) is 0 Å². The van der Waals surface area contributed by atoms with Gasteiger partial charge in [-0.1, -0.05) is 0 Å². The Labute approximate surface area is 118 Å². The number of Topliss-reactive ketones (excluding diaryl/α,β-unsaturated/α-hetero) is 1. The molecule has 1 heterocycles. The van der Waals surface area contributed by atoms with Crippen molar-refractivity contribution < 1.29 is 23.8 Å². The van der Waals surface area contributed by atoms with Crippen molar-refractivity contribution in [1.29, 1.82) is 0 Å². The van der Waals surface area contributed by atoms with Crippen LogP contribution < -0.4 is 0 Å². The Bertz CT molecular complexity index is 433. The van der Waals surface area contributed by atoms with Crippen LogP contribution in [0.25, 0.3) is 0 Å². The molecular weight excluding hydrogens is 263 g/mol. The Kier molecular flexibility index (Phi) is 6.11. The monoisotopic (exact) mass is 284 g/mol. The van der Waals surface area contributed by atoms with Crippen molar-refractivity contribution >= 4 is 11.8 Å². The minimum atomic E-state index is -1.97. The smallest absolute Gasteiger partial charge is 0.306 e. The van der Waals surface area contributed by atoms with Crippen LogP contribution in [0.5, 0.6) is 0 Å². The fourth-order valence-electron chi connectivity index (χ4n) is 1.89. The fourth-order valence-corrected chi connectivity index (χ4v) is 1.89. The number of esters is 1. The molecule has 1 aliphatic rings. The second-order valence-corrected chi connectivity index (χ2v) is 5.33. The third-order valence-electron chi connectivity index (χ3n) is 3.18. The standard InChI is InChI=1S/C15H21FO4/c1-11-6-3-4-9-13(17)20-10-15(2,19)14(18)12(16)8-5-7-11/h3,12,19H,4-5,7-10H2,1-2H3/t6?,12-,15-/m1/s1. The molecule has 1 rings (SSSR count). The molecule has 0 fully saturated rings. The summed E-state index contributed by atoms with van der Waals surface area (Å²) in [4.78, 5) is 23.2. The van der Waals surface area contributed by atoms with E-state index in [9.17, 15) is 19.1 Å². The number of aliphatic hydroxyl groups is 1. The highest BCUT2D eigenvalue weighted by Crippen LogP contribution is 2.17. The predicted octanol–water partition coefficient (Wildman–Crippen LogP) is 2.25. The van der Waals surface area contributed by atoms with Crippen LogP contribution >= 0.6 is 0 Å². The van der Waals surface area contributed by atoms with Crippen LogP contribution in [0, 0.1) is 0 Å². The zero-order valence-corrected chi connectivity index (χ0v) is 11.9. The molecule has 0 radical (unpaired) electrons. The van der Waals surface area contributed by atoms with E-state index < -0.39 is 30.1 Å². The van der Waals surface area contributed by atoms with Crippen molar-refractivity contribution in [3.63, 3.8) is 0 Å². The topological polar surface area (TPSA) is 63.6 Å². The lowest BCUT2D eigenvalue weighted by Gasteiger charge is -2.23. The molecule has 0 aromatic heterocycles. The van der Waals surface area contributed by atoms with Gasteiger partial charge >= 0.3 is 5.97 Å². The molecular formula is C15H21FO4. The van der Waals surface area contributed by atoms with Gasteiger partial charge < -0.3 is 9.84 Å². The molecule has 5 heteroatoms. The van der Waals surface area contributed by atoms with E-state index in [0.29, 0.717) is 19.3 Å². The third kappa shape index (κ3) is 5.27. The predicted molar refractivity (Wildman–Crippen MR) is 71.8 cm³/mol. The molecule has 112 valence electrons. The molecule has 4 nitrogen and oxygen atoms in total. The van der Waals surface area contributed by atoms with Gasteiger partial charge in [0, 0.05) is 6.42 Å². The Morgan fingerprint density at radius 2 is 2.15 bits per heavy atom. The van der Waals surface area contributed by atoms with Crippen LogP contribution in [0.3, 0.4) is 0 Å². The van der Waals surface area contributed by atoms with Crippen molar-refractivity contribution in [2.75, 3.05) is 6.61 Å². The number of allylic oxidation sites excluding steroid dienone is 1. The summed E-state index contributed by atoms with van der Waals surface area (Å²) in [5.74, 6) is -1.46. The van der Waals surface area contributed by atoms with E-state index in [-0.39, 0.29) is 12.8 Å². The molecule has 0 aliphatic carbocycles. The van der Waals surface area contributed by atoms with Crippen molar-refractivity contribution in [2.24, 2.45) is 0 Å². The Balaban J connectivity index is 2.81. The van der Waals surface area contributed by atoms with E-state index >= 15 is 0 Å². The summed E-state index contributed by atoms with van der Waals surface area (Å²) < 4.78 is 18.6. The first-order valence-corrected chi connectivity index (χ1v) is 6.80. The van der Waals surface area contributed by atoms with Crippen molar-refractivity contribution in [1.82, 2.24) is 0 Å². The van der Waals surface area contributed by atoms with Gasteiger partial charge in [0.05, 0.1) is 0 Å².